The number of nitrogens with zero attached hydrogens (tertiary/aromatic N) is 1. The topological polar surface area (TPSA) is 180 Å². The van der Waals surface area contributed by atoms with Crippen molar-refractivity contribution in [2.75, 3.05) is 6.61 Å². The number of fused-ring (bicyclic) bond motifs is 1. The number of hydrogen-bond donors (Lipinski definition) is 5. The van der Waals surface area contributed by atoms with Crippen LogP contribution in [0.1, 0.15) is 28.6 Å². The van der Waals surface area contributed by atoms with Crippen LogP contribution >= 0.6 is 7.82 Å². The number of phosphoric acid groups is 1. The zero-order chi connectivity index (χ0) is 24.5. The van der Waals surface area contributed by atoms with Gasteiger partial charge in [-0.1, -0.05) is 36.4 Å². The molecule has 1 saturated heterocycles. The van der Waals surface area contributed by atoms with Gasteiger partial charge in [0.05, 0.1) is 12.7 Å². The fourth-order valence-corrected chi connectivity index (χ4v) is 4.03. The third kappa shape index (κ3) is 5.50. The Labute approximate surface area is 192 Å². The molecule has 0 bridgehead atoms. The predicted molar refractivity (Wildman–Crippen MR) is 119 cm³/mol. The van der Waals surface area contributed by atoms with Gasteiger partial charge in [-0.05, 0) is 22.4 Å². The summed E-state index contributed by atoms with van der Waals surface area (Å²) in [5.41, 5.74) is -1.29. The van der Waals surface area contributed by atoms with E-state index >= 15 is 0 Å². The lowest BCUT2D eigenvalue weighted by atomic mass is 10.1. The van der Waals surface area contributed by atoms with E-state index in [1.165, 1.54) is 0 Å². The number of ether oxygens (including phenoxy) is 1. The zero-order valence-electron chi connectivity index (χ0n) is 17.7. The largest absolute Gasteiger partial charge is 0.469 e. The maximum atomic E-state index is 12.7. The van der Waals surface area contributed by atoms with Crippen molar-refractivity contribution >= 4 is 24.5 Å². The summed E-state index contributed by atoms with van der Waals surface area (Å²) in [5, 5.41) is 14.8. The molecule has 1 aliphatic heterocycles. The first-order valence-electron chi connectivity index (χ1n) is 10.3. The van der Waals surface area contributed by atoms with E-state index in [2.05, 4.69) is 9.84 Å². The summed E-state index contributed by atoms with van der Waals surface area (Å²) in [6.45, 7) is -0.470. The fourth-order valence-electron chi connectivity index (χ4n) is 3.69. The molecule has 3 atom stereocenters. The molecule has 0 spiro atoms. The molecule has 0 saturated carbocycles. The molecule has 1 amide bonds. The van der Waals surface area contributed by atoms with Crippen molar-refractivity contribution in [3.05, 3.63) is 80.6 Å². The molecule has 12 nitrogen and oxygen atoms in total. The summed E-state index contributed by atoms with van der Waals surface area (Å²) >= 11 is 0. The number of hydrogen-bond acceptors (Lipinski definition) is 7. The average molecular weight is 491 g/mol. The van der Waals surface area contributed by atoms with Crippen LogP contribution < -0.4 is 16.6 Å². The van der Waals surface area contributed by atoms with Crippen LogP contribution in [0, 0.1) is 0 Å². The Balaban J connectivity index is 1.48. The van der Waals surface area contributed by atoms with Gasteiger partial charge in [-0.25, -0.2) is 9.36 Å². The monoisotopic (exact) mass is 491 g/mol. The summed E-state index contributed by atoms with van der Waals surface area (Å²) in [5.74, 6) is -0.719. The number of phosphoric ester groups is 1. The highest BCUT2D eigenvalue weighted by Gasteiger charge is 2.37. The lowest BCUT2D eigenvalue weighted by Gasteiger charge is -2.17. The molecule has 5 N–H and O–H groups in total. The number of rotatable bonds is 7. The summed E-state index contributed by atoms with van der Waals surface area (Å²) in [4.78, 5) is 56.9. The SMILES string of the molecule is O=C(NCc1ccc2ccccc2c1)c1cn([C@H]2C[C@H](O)[C@@H](COP(=O)(O)O)O2)c(=O)[nH]c1=O. The van der Waals surface area contributed by atoms with Gasteiger partial charge in [0.15, 0.2) is 0 Å². The number of H-pyrrole nitrogens is 1. The fraction of sp³-hybridized carbons (Fsp3) is 0.286. The van der Waals surface area contributed by atoms with Gasteiger partial charge in [0.2, 0.25) is 0 Å². The number of aromatic nitrogens is 2. The molecule has 1 fully saturated rings. The second-order valence-corrected chi connectivity index (χ2v) is 9.03. The zero-order valence-corrected chi connectivity index (χ0v) is 18.6. The number of nitrogens with one attached hydrogen (secondary N) is 2. The van der Waals surface area contributed by atoms with Crippen molar-refractivity contribution in [1.29, 1.82) is 0 Å². The van der Waals surface area contributed by atoms with Crippen molar-refractivity contribution in [3.8, 4) is 0 Å². The summed E-state index contributed by atoms with van der Waals surface area (Å²) in [6, 6.07) is 13.4. The minimum absolute atomic E-state index is 0.126. The highest BCUT2D eigenvalue weighted by atomic mass is 31.2. The molecule has 3 aromatic rings. The molecule has 0 aliphatic carbocycles. The van der Waals surface area contributed by atoms with Crippen LogP contribution in [0.25, 0.3) is 10.8 Å². The molecule has 0 unspecified atom stereocenters. The second kappa shape index (κ2) is 9.63. The second-order valence-electron chi connectivity index (χ2n) is 7.79. The lowest BCUT2D eigenvalue weighted by Crippen LogP contribution is -2.38. The third-order valence-corrected chi connectivity index (χ3v) is 5.89. The van der Waals surface area contributed by atoms with Crippen LogP contribution in [0.3, 0.4) is 0 Å². The van der Waals surface area contributed by atoms with E-state index in [0.717, 1.165) is 27.1 Å². The molecule has 13 heteroatoms. The van der Waals surface area contributed by atoms with Gasteiger partial charge >= 0.3 is 13.5 Å². The van der Waals surface area contributed by atoms with E-state index in [0.29, 0.717) is 0 Å². The number of carbonyl (C=O) groups excluding carboxylic acids is 1. The first-order valence-corrected chi connectivity index (χ1v) is 11.8. The maximum absolute atomic E-state index is 12.7. The number of benzene rings is 2. The maximum Gasteiger partial charge on any atom is 0.469 e. The van der Waals surface area contributed by atoms with Gasteiger partial charge in [-0.3, -0.25) is 23.7 Å². The summed E-state index contributed by atoms with van der Waals surface area (Å²) in [7, 11) is -4.78. The Morgan fingerprint density at radius 2 is 1.94 bits per heavy atom. The Morgan fingerprint density at radius 1 is 1.21 bits per heavy atom. The molecule has 1 aromatic heterocycles. The van der Waals surface area contributed by atoms with Gasteiger partial charge in [0, 0.05) is 19.2 Å². The normalized spacial score (nSPS) is 20.5. The van der Waals surface area contributed by atoms with Crippen LogP contribution in [0.15, 0.2) is 58.3 Å². The van der Waals surface area contributed by atoms with Gasteiger partial charge in [-0.15, -0.1) is 0 Å². The standard InChI is InChI=1S/C21H22N3O9P/c25-16-8-18(33-17(16)11-32-34(29,30)31)24-10-15(20(27)23-21(24)28)19(26)22-9-12-5-6-13-3-1-2-4-14(13)7-12/h1-7,10,16-18,25H,8-9,11H2,(H,22,26)(H,23,27,28)(H2,29,30,31)/t16-,17+,18+/m0/s1. The quantitative estimate of drug-likeness (QED) is 0.292. The van der Waals surface area contributed by atoms with Crippen molar-refractivity contribution in [1.82, 2.24) is 14.9 Å². The van der Waals surface area contributed by atoms with Crippen LogP contribution in [-0.2, 0) is 20.4 Å². The van der Waals surface area contributed by atoms with E-state index in [4.69, 9.17) is 14.5 Å². The third-order valence-electron chi connectivity index (χ3n) is 5.40. The molecule has 2 aromatic carbocycles. The molecule has 34 heavy (non-hydrogen) atoms. The molecule has 4 rings (SSSR count). The Bertz CT molecular complexity index is 1380. The first kappa shape index (κ1) is 24.0. The predicted octanol–water partition coefficient (Wildman–Crippen LogP) is 0.377. The van der Waals surface area contributed by atoms with Gasteiger partial charge in [0.25, 0.3) is 11.5 Å². The Morgan fingerprint density at radius 3 is 2.68 bits per heavy atom. The Hall–Kier alpha value is -3.12. The van der Waals surface area contributed by atoms with E-state index in [9.17, 15) is 24.1 Å². The number of carbonyl (C=O) groups is 1. The summed E-state index contributed by atoms with van der Waals surface area (Å²) < 4.78 is 21.6. The molecule has 2 heterocycles. The van der Waals surface area contributed by atoms with Crippen LogP contribution in [0.5, 0.6) is 0 Å². The van der Waals surface area contributed by atoms with Crippen molar-refractivity contribution < 1.29 is 33.5 Å². The van der Waals surface area contributed by atoms with Crippen molar-refractivity contribution in [2.45, 2.75) is 31.4 Å². The molecule has 0 radical (unpaired) electrons. The highest BCUT2D eigenvalue weighted by Crippen LogP contribution is 2.38. The number of aliphatic hydroxyl groups excluding tert-OH is 1. The van der Waals surface area contributed by atoms with Gasteiger partial charge < -0.3 is 24.9 Å². The lowest BCUT2D eigenvalue weighted by molar-refractivity contribution is -0.0451. The van der Waals surface area contributed by atoms with E-state index < -0.39 is 50.0 Å². The Kier molecular flexibility index (Phi) is 6.80. The van der Waals surface area contributed by atoms with E-state index in [-0.39, 0.29) is 18.5 Å². The van der Waals surface area contributed by atoms with Crippen LogP contribution in [-0.4, -0.2) is 49.2 Å². The van der Waals surface area contributed by atoms with E-state index in [1.54, 1.807) is 0 Å². The molecule has 180 valence electrons. The van der Waals surface area contributed by atoms with Crippen LogP contribution in [0.2, 0.25) is 0 Å². The summed E-state index contributed by atoms with van der Waals surface area (Å²) in [6.07, 6.45) is -2.50. The minimum Gasteiger partial charge on any atom is -0.390 e. The molecule has 1 aliphatic rings. The molecular formula is C21H22N3O9P. The van der Waals surface area contributed by atoms with Crippen LogP contribution in [0.4, 0.5) is 0 Å². The smallest absolute Gasteiger partial charge is 0.390 e. The highest BCUT2D eigenvalue weighted by molar-refractivity contribution is 7.46. The number of aliphatic hydroxyl groups is 1. The van der Waals surface area contributed by atoms with Crippen molar-refractivity contribution in [3.63, 3.8) is 0 Å². The average Bonchev–Trinajstić information content (AvgIpc) is 3.15. The first-order chi connectivity index (χ1) is 16.1. The number of amides is 1. The minimum atomic E-state index is -4.78. The van der Waals surface area contributed by atoms with Crippen molar-refractivity contribution in [2.24, 2.45) is 0 Å². The van der Waals surface area contributed by atoms with Gasteiger partial charge in [0.1, 0.15) is 17.9 Å². The van der Waals surface area contributed by atoms with Gasteiger partial charge in [-0.2, -0.15) is 0 Å². The van der Waals surface area contributed by atoms with E-state index in [1.807, 2.05) is 47.4 Å². The number of aromatic amines is 1. The molecular weight excluding hydrogens is 469 g/mol.